The van der Waals surface area contributed by atoms with Gasteiger partial charge < -0.3 is 5.32 Å². The normalized spacial score (nSPS) is 11.6. The third-order valence-electron chi connectivity index (χ3n) is 2.08. The molecule has 1 aromatic rings. The lowest BCUT2D eigenvalue weighted by molar-refractivity contribution is 0.719. The molecule has 18 heavy (non-hydrogen) atoms. The van der Waals surface area contributed by atoms with E-state index in [1.54, 1.807) is 12.1 Å². The standard InChI is InChI=1S/C12H15Cl2N3S/c1-7(2)15-12(18)17-16-8(3)9-4-5-10(13)11(14)6-9/h4-7H,1-3H3,(H2,15,17,18)/b16-8-. The van der Waals surface area contributed by atoms with E-state index in [2.05, 4.69) is 15.8 Å². The topological polar surface area (TPSA) is 36.4 Å². The van der Waals surface area contributed by atoms with Gasteiger partial charge in [-0.1, -0.05) is 29.3 Å². The summed E-state index contributed by atoms with van der Waals surface area (Å²) in [5.74, 6) is 0. The first-order chi connectivity index (χ1) is 8.40. The van der Waals surface area contributed by atoms with Gasteiger partial charge in [0.15, 0.2) is 5.11 Å². The highest BCUT2D eigenvalue weighted by Gasteiger charge is 2.03. The van der Waals surface area contributed by atoms with E-state index in [9.17, 15) is 0 Å². The molecule has 0 unspecified atom stereocenters. The van der Waals surface area contributed by atoms with Crippen LogP contribution in [0.4, 0.5) is 0 Å². The Bertz CT molecular complexity index is 472. The van der Waals surface area contributed by atoms with Crippen molar-refractivity contribution in [2.24, 2.45) is 5.10 Å². The molecular weight excluding hydrogens is 289 g/mol. The molecule has 0 aliphatic rings. The van der Waals surface area contributed by atoms with Crippen molar-refractivity contribution in [1.29, 1.82) is 0 Å². The minimum absolute atomic E-state index is 0.269. The Labute approximate surface area is 123 Å². The van der Waals surface area contributed by atoms with Gasteiger partial charge in [-0.15, -0.1) is 0 Å². The van der Waals surface area contributed by atoms with E-state index in [0.29, 0.717) is 15.2 Å². The average molecular weight is 304 g/mol. The van der Waals surface area contributed by atoms with Gasteiger partial charge in [-0.25, -0.2) is 0 Å². The first-order valence-corrected chi connectivity index (χ1v) is 6.62. The summed E-state index contributed by atoms with van der Waals surface area (Å²) in [6, 6.07) is 5.63. The summed E-state index contributed by atoms with van der Waals surface area (Å²) in [7, 11) is 0. The summed E-state index contributed by atoms with van der Waals surface area (Å²) in [6.45, 7) is 5.87. The van der Waals surface area contributed by atoms with E-state index in [1.165, 1.54) is 0 Å². The fourth-order valence-electron chi connectivity index (χ4n) is 1.21. The number of halogens is 2. The maximum Gasteiger partial charge on any atom is 0.187 e. The number of hydrogen-bond acceptors (Lipinski definition) is 2. The number of hydrogen-bond donors (Lipinski definition) is 2. The van der Waals surface area contributed by atoms with Crippen molar-refractivity contribution < 1.29 is 0 Å². The molecule has 98 valence electrons. The molecule has 6 heteroatoms. The van der Waals surface area contributed by atoms with Gasteiger partial charge in [0.05, 0.1) is 15.8 Å². The highest BCUT2D eigenvalue weighted by molar-refractivity contribution is 7.80. The quantitative estimate of drug-likeness (QED) is 0.509. The summed E-state index contributed by atoms with van der Waals surface area (Å²) in [5, 5.41) is 8.74. The van der Waals surface area contributed by atoms with Crippen molar-refractivity contribution >= 4 is 46.2 Å². The lowest BCUT2D eigenvalue weighted by Gasteiger charge is -2.10. The second-order valence-electron chi connectivity index (χ2n) is 4.07. The molecule has 0 radical (unpaired) electrons. The van der Waals surface area contributed by atoms with Crippen LogP contribution in [-0.2, 0) is 0 Å². The van der Waals surface area contributed by atoms with Gasteiger partial charge in [0.2, 0.25) is 0 Å². The molecule has 0 spiro atoms. The maximum atomic E-state index is 5.94. The molecule has 0 fully saturated rings. The van der Waals surface area contributed by atoms with Crippen LogP contribution in [0, 0.1) is 0 Å². The highest BCUT2D eigenvalue weighted by atomic mass is 35.5. The first kappa shape index (κ1) is 15.2. The van der Waals surface area contributed by atoms with E-state index in [1.807, 2.05) is 26.8 Å². The van der Waals surface area contributed by atoms with Gasteiger partial charge >= 0.3 is 0 Å². The molecule has 0 bridgehead atoms. The Morgan fingerprint density at radius 3 is 2.50 bits per heavy atom. The van der Waals surface area contributed by atoms with E-state index in [4.69, 9.17) is 35.4 Å². The molecule has 0 aromatic heterocycles. The zero-order chi connectivity index (χ0) is 13.7. The minimum atomic E-state index is 0.269. The predicted molar refractivity (Wildman–Crippen MR) is 82.7 cm³/mol. The Kier molecular flexibility index (Phi) is 5.85. The zero-order valence-electron chi connectivity index (χ0n) is 10.4. The third kappa shape index (κ3) is 4.80. The molecule has 1 aromatic carbocycles. The van der Waals surface area contributed by atoms with Crippen LogP contribution in [0.3, 0.4) is 0 Å². The molecule has 0 aliphatic carbocycles. The Hall–Kier alpha value is -0.840. The van der Waals surface area contributed by atoms with Crippen molar-refractivity contribution in [3.63, 3.8) is 0 Å². The van der Waals surface area contributed by atoms with Crippen molar-refractivity contribution in [2.75, 3.05) is 0 Å². The minimum Gasteiger partial charge on any atom is -0.359 e. The fraction of sp³-hybridized carbons (Fsp3) is 0.333. The molecule has 0 atom stereocenters. The van der Waals surface area contributed by atoms with E-state index >= 15 is 0 Å². The highest BCUT2D eigenvalue weighted by Crippen LogP contribution is 2.22. The maximum absolute atomic E-state index is 5.94. The van der Waals surface area contributed by atoms with Gasteiger partial charge in [-0.05, 0) is 50.7 Å². The monoisotopic (exact) mass is 303 g/mol. The molecule has 2 N–H and O–H groups in total. The average Bonchev–Trinajstić information content (AvgIpc) is 2.28. The van der Waals surface area contributed by atoms with E-state index < -0.39 is 0 Å². The molecule has 0 heterocycles. The predicted octanol–water partition coefficient (Wildman–Crippen LogP) is 3.59. The van der Waals surface area contributed by atoms with Crippen LogP contribution in [0.2, 0.25) is 10.0 Å². The lowest BCUT2D eigenvalue weighted by Crippen LogP contribution is -2.37. The smallest absolute Gasteiger partial charge is 0.187 e. The van der Waals surface area contributed by atoms with Crippen LogP contribution in [-0.4, -0.2) is 16.9 Å². The molecule has 0 aliphatic heterocycles. The molecular formula is C12H15Cl2N3S. The Morgan fingerprint density at radius 2 is 1.94 bits per heavy atom. The summed E-state index contributed by atoms with van der Waals surface area (Å²) >= 11 is 16.9. The van der Waals surface area contributed by atoms with Gasteiger partial charge in [0, 0.05) is 6.04 Å². The van der Waals surface area contributed by atoms with Crippen LogP contribution in [0.25, 0.3) is 0 Å². The van der Waals surface area contributed by atoms with Gasteiger partial charge in [-0.3, -0.25) is 5.43 Å². The number of thiocarbonyl (C=S) groups is 1. The van der Waals surface area contributed by atoms with Crippen molar-refractivity contribution in [2.45, 2.75) is 26.8 Å². The van der Waals surface area contributed by atoms with Crippen molar-refractivity contribution in [3.8, 4) is 0 Å². The van der Waals surface area contributed by atoms with Gasteiger partial charge in [-0.2, -0.15) is 5.10 Å². The molecule has 0 saturated heterocycles. The van der Waals surface area contributed by atoms with Crippen LogP contribution < -0.4 is 10.7 Å². The number of rotatable bonds is 3. The van der Waals surface area contributed by atoms with Gasteiger partial charge in [0.1, 0.15) is 0 Å². The van der Waals surface area contributed by atoms with E-state index in [-0.39, 0.29) is 6.04 Å². The molecule has 0 saturated carbocycles. The summed E-state index contributed by atoms with van der Waals surface area (Å²) in [5.41, 5.74) is 4.45. The second kappa shape index (κ2) is 6.92. The second-order valence-corrected chi connectivity index (χ2v) is 5.29. The van der Waals surface area contributed by atoms with Crippen LogP contribution in [0.5, 0.6) is 0 Å². The fourth-order valence-corrected chi connectivity index (χ4v) is 1.79. The van der Waals surface area contributed by atoms with Gasteiger partial charge in [0.25, 0.3) is 0 Å². The number of hydrazone groups is 1. The third-order valence-corrected chi connectivity index (χ3v) is 3.03. The molecule has 3 nitrogen and oxygen atoms in total. The number of benzene rings is 1. The SMILES string of the molecule is C/C(=N/NC(=S)NC(C)C)c1ccc(Cl)c(Cl)c1. The van der Waals surface area contributed by atoms with E-state index in [0.717, 1.165) is 11.3 Å². The van der Waals surface area contributed by atoms with Crippen LogP contribution in [0.1, 0.15) is 26.3 Å². The summed E-state index contributed by atoms with van der Waals surface area (Å²) < 4.78 is 0. The van der Waals surface area contributed by atoms with Crippen molar-refractivity contribution in [3.05, 3.63) is 33.8 Å². The number of nitrogens with zero attached hydrogens (tertiary/aromatic N) is 1. The molecule has 1 rings (SSSR count). The molecule has 0 amide bonds. The van der Waals surface area contributed by atoms with Crippen LogP contribution in [0.15, 0.2) is 23.3 Å². The summed E-state index contributed by atoms with van der Waals surface area (Å²) in [6.07, 6.45) is 0. The first-order valence-electron chi connectivity index (χ1n) is 5.46. The summed E-state index contributed by atoms with van der Waals surface area (Å²) in [4.78, 5) is 0. The lowest BCUT2D eigenvalue weighted by atomic mass is 10.1. The largest absolute Gasteiger partial charge is 0.359 e. The van der Waals surface area contributed by atoms with Crippen LogP contribution >= 0.6 is 35.4 Å². The zero-order valence-corrected chi connectivity index (χ0v) is 12.7. The number of nitrogens with one attached hydrogen (secondary N) is 2. The van der Waals surface area contributed by atoms with Crippen molar-refractivity contribution in [1.82, 2.24) is 10.7 Å². The Morgan fingerprint density at radius 1 is 1.28 bits per heavy atom. The Balaban J connectivity index is 2.71.